The fourth-order valence-electron chi connectivity index (χ4n) is 2.02. The number of amides is 1. The zero-order valence-corrected chi connectivity index (χ0v) is 15.3. The molecule has 1 saturated heterocycles. The van der Waals surface area contributed by atoms with E-state index in [2.05, 4.69) is 52.9 Å². The van der Waals surface area contributed by atoms with Crippen LogP contribution in [0.25, 0.3) is 0 Å². The van der Waals surface area contributed by atoms with Crippen LogP contribution >= 0.6 is 47.8 Å². The van der Waals surface area contributed by atoms with Gasteiger partial charge in [0.05, 0.1) is 23.7 Å². The van der Waals surface area contributed by atoms with E-state index in [1.165, 1.54) is 0 Å². The third kappa shape index (κ3) is 3.06. The number of carbonyl (C=O) groups excluding carboxylic acids is 1. The molecule has 0 aromatic carbocycles. The van der Waals surface area contributed by atoms with Crippen LogP contribution in [0.4, 0.5) is 0 Å². The molecule has 106 valence electrons. The lowest BCUT2D eigenvalue weighted by Crippen LogP contribution is -2.49. The lowest BCUT2D eigenvalue weighted by Gasteiger charge is -2.35. The molecule has 2 heterocycles. The number of nitrogens with zero attached hydrogens (tertiary/aromatic N) is 3. The van der Waals surface area contributed by atoms with Crippen LogP contribution in [-0.2, 0) is 9.53 Å². The molecule has 19 heavy (non-hydrogen) atoms. The van der Waals surface area contributed by atoms with Crippen molar-refractivity contribution in [3.05, 3.63) is 13.7 Å². The highest BCUT2D eigenvalue weighted by molar-refractivity contribution is 9.14. The lowest BCUT2D eigenvalue weighted by molar-refractivity contribution is -0.142. The van der Waals surface area contributed by atoms with Crippen molar-refractivity contribution in [3.63, 3.8) is 0 Å². The molecule has 0 saturated carbocycles. The van der Waals surface area contributed by atoms with Crippen LogP contribution in [0.2, 0.25) is 0 Å². The fourth-order valence-corrected chi connectivity index (χ4v) is 3.48. The monoisotopic (exact) mass is 457 g/mol. The summed E-state index contributed by atoms with van der Waals surface area (Å²) in [5, 5.41) is 4.31. The van der Waals surface area contributed by atoms with Crippen LogP contribution < -0.4 is 0 Å². The summed E-state index contributed by atoms with van der Waals surface area (Å²) in [6.07, 6.45) is 0. The molecular weight excluding hydrogens is 446 g/mol. The third-order valence-corrected chi connectivity index (χ3v) is 6.26. The smallest absolute Gasteiger partial charge is 0.247 e. The highest BCUT2D eigenvalue weighted by Crippen LogP contribution is 2.32. The molecule has 2 unspecified atom stereocenters. The van der Waals surface area contributed by atoms with Crippen molar-refractivity contribution in [2.75, 3.05) is 19.8 Å². The molecule has 5 nitrogen and oxygen atoms in total. The topological polar surface area (TPSA) is 47.4 Å². The Kier molecular flexibility index (Phi) is 5.08. The molecule has 2 rings (SSSR count). The van der Waals surface area contributed by atoms with Gasteiger partial charge in [0.15, 0.2) is 0 Å². The number of hydrogen-bond acceptors (Lipinski definition) is 3. The van der Waals surface area contributed by atoms with E-state index in [1.807, 2.05) is 18.7 Å². The number of aromatic nitrogens is 2. The number of halogens is 3. The molecule has 0 spiro atoms. The Labute approximate surface area is 137 Å². The minimum Gasteiger partial charge on any atom is -0.377 e. The van der Waals surface area contributed by atoms with Gasteiger partial charge in [-0.3, -0.25) is 4.79 Å². The molecule has 1 fully saturated rings. The quantitative estimate of drug-likeness (QED) is 0.683. The summed E-state index contributed by atoms with van der Waals surface area (Å²) in [6, 6.07) is -0.262. The maximum atomic E-state index is 12.5. The van der Waals surface area contributed by atoms with Crippen molar-refractivity contribution >= 4 is 53.7 Å². The third-order valence-electron chi connectivity index (χ3n) is 3.13. The Balaban J connectivity index is 2.20. The van der Waals surface area contributed by atoms with E-state index in [1.54, 1.807) is 4.68 Å². The summed E-state index contributed by atoms with van der Waals surface area (Å²) in [4.78, 5) is 14.4. The molecular formula is C11H14Br3N3O2. The fraction of sp³-hybridized carbons (Fsp3) is 0.636. The van der Waals surface area contributed by atoms with Gasteiger partial charge in [-0.2, -0.15) is 5.10 Å². The van der Waals surface area contributed by atoms with Gasteiger partial charge in [0.2, 0.25) is 5.91 Å². The number of rotatable bonds is 2. The van der Waals surface area contributed by atoms with E-state index in [4.69, 9.17) is 4.74 Å². The van der Waals surface area contributed by atoms with Crippen molar-refractivity contribution < 1.29 is 9.53 Å². The summed E-state index contributed by atoms with van der Waals surface area (Å²) in [5.41, 5.74) is 0. The first kappa shape index (κ1) is 15.5. The molecule has 0 bridgehead atoms. The SMILES string of the molecule is CC1COCCN1C(=O)C(C)n1nc(Br)c(Br)c1Br. The van der Waals surface area contributed by atoms with Gasteiger partial charge in [-0.05, 0) is 61.6 Å². The second kappa shape index (κ2) is 6.24. The zero-order chi connectivity index (χ0) is 14.2. The van der Waals surface area contributed by atoms with Gasteiger partial charge in [-0.25, -0.2) is 4.68 Å². The van der Waals surface area contributed by atoms with E-state index in [9.17, 15) is 4.79 Å². The standard InChI is InChI=1S/C11H14Br3N3O2/c1-6-5-19-4-3-16(6)11(18)7(2)17-10(14)8(12)9(13)15-17/h6-7H,3-5H2,1-2H3. The predicted molar refractivity (Wildman–Crippen MR) is 82.0 cm³/mol. The first-order valence-electron chi connectivity index (χ1n) is 5.90. The Morgan fingerprint density at radius 3 is 2.68 bits per heavy atom. The van der Waals surface area contributed by atoms with Crippen molar-refractivity contribution in [1.82, 2.24) is 14.7 Å². The first-order chi connectivity index (χ1) is 8.93. The van der Waals surface area contributed by atoms with Crippen molar-refractivity contribution in [2.24, 2.45) is 0 Å². The number of morpholine rings is 1. The van der Waals surface area contributed by atoms with Crippen LogP contribution in [0, 0.1) is 0 Å². The lowest BCUT2D eigenvalue weighted by atomic mass is 10.2. The molecule has 2 atom stereocenters. The van der Waals surface area contributed by atoms with Crippen molar-refractivity contribution in [1.29, 1.82) is 0 Å². The average Bonchev–Trinajstić information content (AvgIpc) is 2.65. The van der Waals surface area contributed by atoms with Crippen molar-refractivity contribution in [3.8, 4) is 0 Å². The minimum absolute atomic E-state index is 0.0546. The van der Waals surface area contributed by atoms with Gasteiger partial charge >= 0.3 is 0 Å². The van der Waals surface area contributed by atoms with E-state index >= 15 is 0 Å². The molecule has 1 aliphatic rings. The summed E-state index contributed by atoms with van der Waals surface area (Å²) in [7, 11) is 0. The van der Waals surface area contributed by atoms with Crippen molar-refractivity contribution in [2.45, 2.75) is 25.9 Å². The largest absolute Gasteiger partial charge is 0.377 e. The molecule has 0 radical (unpaired) electrons. The Bertz CT molecular complexity index is 492. The summed E-state index contributed by atoms with van der Waals surface area (Å²) in [6.45, 7) is 5.66. The average molecular weight is 460 g/mol. The van der Waals surface area contributed by atoms with Gasteiger partial charge < -0.3 is 9.64 Å². The maximum absolute atomic E-state index is 12.5. The summed E-state index contributed by atoms with van der Waals surface area (Å²) < 4.78 is 9.25. The Morgan fingerprint density at radius 1 is 1.47 bits per heavy atom. The highest BCUT2D eigenvalue weighted by atomic mass is 79.9. The summed E-state index contributed by atoms with van der Waals surface area (Å²) in [5.74, 6) is 0.0546. The molecule has 8 heteroatoms. The van der Waals surface area contributed by atoms with E-state index in [0.717, 1.165) is 9.08 Å². The van der Waals surface area contributed by atoms with Crippen LogP contribution in [0.3, 0.4) is 0 Å². The molecule has 0 aliphatic carbocycles. The zero-order valence-electron chi connectivity index (χ0n) is 10.6. The Hall–Kier alpha value is 0.0800. The highest BCUT2D eigenvalue weighted by Gasteiger charge is 2.30. The number of carbonyl (C=O) groups is 1. The Morgan fingerprint density at radius 2 is 2.16 bits per heavy atom. The first-order valence-corrected chi connectivity index (χ1v) is 8.28. The number of ether oxygens (including phenoxy) is 1. The van der Waals surface area contributed by atoms with Gasteiger partial charge in [-0.1, -0.05) is 0 Å². The molecule has 0 N–H and O–H groups in total. The molecule has 1 aromatic heterocycles. The molecule has 1 amide bonds. The van der Waals surface area contributed by atoms with Crippen LogP contribution in [-0.4, -0.2) is 46.4 Å². The van der Waals surface area contributed by atoms with Gasteiger partial charge in [0.25, 0.3) is 0 Å². The second-order valence-electron chi connectivity index (χ2n) is 4.47. The van der Waals surface area contributed by atoms with Gasteiger partial charge in [0.1, 0.15) is 15.2 Å². The van der Waals surface area contributed by atoms with E-state index in [-0.39, 0.29) is 18.0 Å². The minimum atomic E-state index is -0.363. The van der Waals surface area contributed by atoms with Gasteiger partial charge in [-0.15, -0.1) is 0 Å². The van der Waals surface area contributed by atoms with Gasteiger partial charge in [0, 0.05) is 6.54 Å². The van der Waals surface area contributed by atoms with Crippen LogP contribution in [0.5, 0.6) is 0 Å². The molecule has 1 aromatic rings. The second-order valence-corrected chi connectivity index (χ2v) is 6.77. The molecule has 1 aliphatic heterocycles. The van der Waals surface area contributed by atoms with Crippen LogP contribution in [0.1, 0.15) is 19.9 Å². The maximum Gasteiger partial charge on any atom is 0.247 e. The summed E-state index contributed by atoms with van der Waals surface area (Å²) >= 11 is 10.2. The normalized spacial score (nSPS) is 21.5. The van der Waals surface area contributed by atoms with E-state index < -0.39 is 0 Å². The predicted octanol–water partition coefficient (Wildman–Crippen LogP) is 2.98. The van der Waals surface area contributed by atoms with Crippen LogP contribution in [0.15, 0.2) is 13.7 Å². The van der Waals surface area contributed by atoms with E-state index in [0.29, 0.717) is 24.4 Å². The number of hydrogen-bond donors (Lipinski definition) is 0.